The van der Waals surface area contributed by atoms with Gasteiger partial charge in [0, 0.05) is 16.8 Å². The van der Waals surface area contributed by atoms with Crippen molar-refractivity contribution in [2.45, 2.75) is 27.2 Å². The van der Waals surface area contributed by atoms with Crippen LogP contribution in [0.15, 0.2) is 78.9 Å². The van der Waals surface area contributed by atoms with Crippen LogP contribution in [0.2, 0.25) is 0 Å². The van der Waals surface area contributed by atoms with Gasteiger partial charge >= 0.3 is 0 Å². The highest BCUT2D eigenvalue weighted by Gasteiger charge is 2.19. The predicted octanol–water partition coefficient (Wildman–Crippen LogP) is 6.64. The first kappa shape index (κ1) is 18.9. The average molecular weight is 380 g/mol. The molecule has 0 atom stereocenters. The number of benzene rings is 3. The van der Waals surface area contributed by atoms with Crippen molar-refractivity contribution in [1.82, 2.24) is 4.98 Å². The van der Waals surface area contributed by atoms with Gasteiger partial charge in [-0.15, -0.1) is 0 Å². The molecule has 0 aliphatic heterocycles. The van der Waals surface area contributed by atoms with Crippen molar-refractivity contribution < 1.29 is 5.11 Å². The van der Waals surface area contributed by atoms with Gasteiger partial charge in [0.25, 0.3) is 0 Å². The monoisotopic (exact) mass is 379 g/mol. The van der Waals surface area contributed by atoms with E-state index < -0.39 is 0 Å². The molecule has 2 heteroatoms. The SMILES string of the molecule is Cc1ccc(C)c(-c2nc(C)c(Cc3ccccc3)cc2-c2ccccc2)c1O. The van der Waals surface area contributed by atoms with Gasteiger partial charge in [0.05, 0.1) is 5.69 Å². The zero-order valence-electron chi connectivity index (χ0n) is 17.1. The van der Waals surface area contributed by atoms with Crippen molar-refractivity contribution in [3.05, 3.63) is 107 Å². The maximum absolute atomic E-state index is 10.9. The third-order valence-corrected chi connectivity index (χ3v) is 5.46. The van der Waals surface area contributed by atoms with E-state index in [0.717, 1.165) is 45.6 Å². The summed E-state index contributed by atoms with van der Waals surface area (Å²) in [6, 6.07) is 27.0. The van der Waals surface area contributed by atoms with Crippen LogP contribution in [-0.4, -0.2) is 10.1 Å². The Labute approximate surface area is 172 Å². The van der Waals surface area contributed by atoms with E-state index >= 15 is 0 Å². The van der Waals surface area contributed by atoms with Crippen LogP contribution in [0.4, 0.5) is 0 Å². The van der Waals surface area contributed by atoms with Crippen LogP contribution in [0.25, 0.3) is 22.4 Å². The molecule has 0 aliphatic carbocycles. The maximum Gasteiger partial charge on any atom is 0.128 e. The number of aryl methyl sites for hydroxylation is 3. The van der Waals surface area contributed by atoms with E-state index in [1.165, 1.54) is 11.1 Å². The zero-order valence-corrected chi connectivity index (χ0v) is 17.1. The summed E-state index contributed by atoms with van der Waals surface area (Å²) in [5, 5.41) is 10.9. The van der Waals surface area contributed by atoms with E-state index in [0.29, 0.717) is 5.75 Å². The third-order valence-electron chi connectivity index (χ3n) is 5.46. The summed E-state index contributed by atoms with van der Waals surface area (Å²) in [5.41, 5.74) is 9.13. The number of rotatable bonds is 4. The van der Waals surface area contributed by atoms with Crippen molar-refractivity contribution in [3.63, 3.8) is 0 Å². The standard InChI is InChI=1S/C27H25NO/c1-18-14-15-19(2)27(29)25(18)26-24(22-12-8-5-9-13-22)17-23(20(3)28-26)16-21-10-6-4-7-11-21/h4-15,17,29H,16H2,1-3H3. The van der Waals surface area contributed by atoms with E-state index in [4.69, 9.17) is 4.98 Å². The molecule has 1 heterocycles. The van der Waals surface area contributed by atoms with Crippen LogP contribution in [0.3, 0.4) is 0 Å². The Bertz CT molecular complexity index is 1150. The summed E-state index contributed by atoms with van der Waals surface area (Å²) in [4.78, 5) is 5.02. The number of phenols is 1. The smallest absolute Gasteiger partial charge is 0.128 e. The van der Waals surface area contributed by atoms with Crippen LogP contribution in [0.5, 0.6) is 5.75 Å². The Morgan fingerprint density at radius 2 is 1.38 bits per heavy atom. The Kier molecular flexibility index (Phi) is 5.18. The first-order valence-corrected chi connectivity index (χ1v) is 9.94. The van der Waals surface area contributed by atoms with Crippen LogP contribution >= 0.6 is 0 Å². The Balaban J connectivity index is 1.95. The number of nitrogens with zero attached hydrogens (tertiary/aromatic N) is 1. The van der Waals surface area contributed by atoms with E-state index in [1.54, 1.807) is 0 Å². The second-order valence-electron chi connectivity index (χ2n) is 7.58. The molecule has 29 heavy (non-hydrogen) atoms. The fourth-order valence-corrected chi connectivity index (χ4v) is 3.76. The highest BCUT2D eigenvalue weighted by molar-refractivity contribution is 5.86. The van der Waals surface area contributed by atoms with Gasteiger partial charge in [-0.05, 0) is 61.1 Å². The molecule has 144 valence electrons. The number of hydrogen-bond acceptors (Lipinski definition) is 2. The topological polar surface area (TPSA) is 33.1 Å². The zero-order chi connectivity index (χ0) is 20.4. The van der Waals surface area contributed by atoms with E-state index in [-0.39, 0.29) is 0 Å². The number of aromatic hydroxyl groups is 1. The second-order valence-corrected chi connectivity index (χ2v) is 7.58. The Morgan fingerprint density at radius 1 is 0.759 bits per heavy atom. The first-order valence-electron chi connectivity index (χ1n) is 9.94. The summed E-state index contributed by atoms with van der Waals surface area (Å²) in [6.07, 6.45) is 0.832. The van der Waals surface area contributed by atoms with Gasteiger partial charge in [-0.1, -0.05) is 72.8 Å². The molecule has 0 aliphatic rings. The number of hydrogen-bond donors (Lipinski definition) is 1. The van der Waals surface area contributed by atoms with Gasteiger partial charge in [0.1, 0.15) is 5.75 Å². The summed E-state index contributed by atoms with van der Waals surface area (Å²) in [6.45, 7) is 6.01. The summed E-state index contributed by atoms with van der Waals surface area (Å²) >= 11 is 0. The predicted molar refractivity (Wildman–Crippen MR) is 120 cm³/mol. The fraction of sp³-hybridized carbons (Fsp3) is 0.148. The lowest BCUT2D eigenvalue weighted by atomic mass is 9.91. The number of aromatic nitrogens is 1. The molecule has 4 rings (SSSR count). The molecule has 4 aromatic rings. The molecule has 0 saturated carbocycles. The molecular formula is C27H25NO. The lowest BCUT2D eigenvalue weighted by Gasteiger charge is -2.18. The average Bonchev–Trinajstić information content (AvgIpc) is 2.74. The maximum atomic E-state index is 10.9. The van der Waals surface area contributed by atoms with E-state index in [9.17, 15) is 5.11 Å². The molecule has 0 unspecified atom stereocenters. The molecule has 2 nitrogen and oxygen atoms in total. The molecule has 1 N–H and O–H groups in total. The molecule has 0 radical (unpaired) electrons. The molecule has 0 saturated heterocycles. The van der Waals surface area contributed by atoms with E-state index in [2.05, 4.69) is 49.4 Å². The quantitative estimate of drug-likeness (QED) is 0.431. The normalized spacial score (nSPS) is 10.9. The molecular weight excluding hydrogens is 354 g/mol. The van der Waals surface area contributed by atoms with Gasteiger partial charge in [0.15, 0.2) is 0 Å². The van der Waals surface area contributed by atoms with Gasteiger partial charge < -0.3 is 5.11 Å². The fourth-order valence-electron chi connectivity index (χ4n) is 3.76. The molecule has 0 bridgehead atoms. The number of pyridine rings is 1. The minimum atomic E-state index is 0.310. The van der Waals surface area contributed by atoms with Crippen LogP contribution in [0.1, 0.15) is 27.9 Å². The molecule has 3 aromatic carbocycles. The Hall–Kier alpha value is -3.39. The van der Waals surface area contributed by atoms with Crippen LogP contribution in [-0.2, 0) is 6.42 Å². The third kappa shape index (κ3) is 3.79. The minimum Gasteiger partial charge on any atom is -0.507 e. The van der Waals surface area contributed by atoms with Crippen LogP contribution < -0.4 is 0 Å². The molecule has 0 amide bonds. The van der Waals surface area contributed by atoms with E-state index in [1.807, 2.05) is 50.2 Å². The van der Waals surface area contributed by atoms with Gasteiger partial charge in [-0.25, -0.2) is 0 Å². The van der Waals surface area contributed by atoms with Gasteiger partial charge in [0.2, 0.25) is 0 Å². The lowest BCUT2D eigenvalue weighted by Crippen LogP contribution is -2.01. The van der Waals surface area contributed by atoms with Gasteiger partial charge in [-0.2, -0.15) is 0 Å². The minimum absolute atomic E-state index is 0.310. The molecule has 1 aromatic heterocycles. The van der Waals surface area contributed by atoms with Crippen molar-refractivity contribution in [3.8, 4) is 28.1 Å². The Morgan fingerprint density at radius 3 is 2.07 bits per heavy atom. The van der Waals surface area contributed by atoms with Crippen LogP contribution in [0, 0.1) is 20.8 Å². The summed E-state index contributed by atoms with van der Waals surface area (Å²) in [5.74, 6) is 0.310. The van der Waals surface area contributed by atoms with Crippen molar-refractivity contribution in [1.29, 1.82) is 0 Å². The van der Waals surface area contributed by atoms with Crippen molar-refractivity contribution >= 4 is 0 Å². The molecule has 0 spiro atoms. The first-order chi connectivity index (χ1) is 14.0. The summed E-state index contributed by atoms with van der Waals surface area (Å²) < 4.78 is 0. The largest absolute Gasteiger partial charge is 0.507 e. The van der Waals surface area contributed by atoms with Crippen molar-refractivity contribution in [2.24, 2.45) is 0 Å². The highest BCUT2D eigenvalue weighted by Crippen LogP contribution is 2.40. The van der Waals surface area contributed by atoms with Crippen molar-refractivity contribution in [2.75, 3.05) is 0 Å². The highest BCUT2D eigenvalue weighted by atomic mass is 16.3. The molecule has 0 fully saturated rings. The lowest BCUT2D eigenvalue weighted by molar-refractivity contribution is 0.472. The summed E-state index contributed by atoms with van der Waals surface area (Å²) in [7, 11) is 0. The second kappa shape index (κ2) is 7.92. The number of phenolic OH excluding ortho intramolecular Hbond substituents is 1. The van der Waals surface area contributed by atoms with Gasteiger partial charge in [-0.3, -0.25) is 4.98 Å².